The highest BCUT2D eigenvalue weighted by Crippen LogP contribution is 2.33. The lowest BCUT2D eigenvalue weighted by atomic mass is 9.97. The number of benzene rings is 1. The summed E-state index contributed by atoms with van der Waals surface area (Å²) in [6.45, 7) is 4.92. The number of amides is 1. The first-order valence-electron chi connectivity index (χ1n) is 7.78. The van der Waals surface area contributed by atoms with Crippen molar-refractivity contribution >= 4 is 5.91 Å². The van der Waals surface area contributed by atoms with Gasteiger partial charge in [-0.1, -0.05) is 32.4 Å². The molecule has 4 nitrogen and oxygen atoms in total. The van der Waals surface area contributed by atoms with Crippen LogP contribution in [0.25, 0.3) is 0 Å². The van der Waals surface area contributed by atoms with Crippen LogP contribution >= 0.6 is 0 Å². The fraction of sp³-hybridized carbons (Fsp3) is 0.588. The summed E-state index contributed by atoms with van der Waals surface area (Å²) in [6, 6.07) is 7.75. The van der Waals surface area contributed by atoms with Crippen LogP contribution < -0.4 is 10.5 Å². The second-order valence-electron chi connectivity index (χ2n) is 5.87. The van der Waals surface area contributed by atoms with E-state index < -0.39 is 6.04 Å². The predicted molar refractivity (Wildman–Crippen MR) is 84.1 cm³/mol. The fourth-order valence-corrected chi connectivity index (χ4v) is 2.89. The molecule has 1 aromatic rings. The van der Waals surface area contributed by atoms with Crippen molar-refractivity contribution in [3.8, 4) is 5.75 Å². The molecule has 4 heteroatoms. The van der Waals surface area contributed by atoms with Crippen LogP contribution in [0.4, 0.5) is 0 Å². The number of carbonyl (C=O) groups excluding carboxylic acids is 1. The minimum absolute atomic E-state index is 0.0858. The molecule has 0 spiro atoms. The molecule has 0 aliphatic carbocycles. The zero-order valence-corrected chi connectivity index (χ0v) is 13.2. The summed E-state index contributed by atoms with van der Waals surface area (Å²) in [4.78, 5) is 14.6. The summed E-state index contributed by atoms with van der Waals surface area (Å²) in [5, 5.41) is 0. The SMILES string of the molecule is CCC(C)C(N)C(=O)N1CCCC1c1ccc(OC)cc1. The smallest absolute Gasteiger partial charge is 0.240 e. The Morgan fingerprint density at radius 2 is 2.10 bits per heavy atom. The summed E-state index contributed by atoms with van der Waals surface area (Å²) in [5.74, 6) is 1.14. The number of rotatable bonds is 5. The minimum Gasteiger partial charge on any atom is -0.497 e. The van der Waals surface area contributed by atoms with E-state index in [1.54, 1.807) is 7.11 Å². The van der Waals surface area contributed by atoms with Crippen molar-refractivity contribution in [2.75, 3.05) is 13.7 Å². The number of hydrogen-bond acceptors (Lipinski definition) is 3. The lowest BCUT2D eigenvalue weighted by molar-refractivity contribution is -0.134. The summed E-state index contributed by atoms with van der Waals surface area (Å²) < 4.78 is 5.19. The highest BCUT2D eigenvalue weighted by atomic mass is 16.5. The van der Waals surface area contributed by atoms with Gasteiger partial charge in [0.15, 0.2) is 0 Å². The van der Waals surface area contributed by atoms with Crippen LogP contribution in [0.1, 0.15) is 44.7 Å². The third-order valence-corrected chi connectivity index (χ3v) is 4.58. The van der Waals surface area contributed by atoms with Crippen molar-refractivity contribution in [1.82, 2.24) is 4.90 Å². The van der Waals surface area contributed by atoms with Crippen molar-refractivity contribution in [2.45, 2.75) is 45.2 Å². The molecule has 1 saturated heterocycles. The molecule has 1 aliphatic heterocycles. The Balaban J connectivity index is 2.14. The normalized spacial score (nSPS) is 21.1. The van der Waals surface area contributed by atoms with Crippen LogP contribution in [0.2, 0.25) is 0 Å². The maximum Gasteiger partial charge on any atom is 0.240 e. The average Bonchev–Trinajstić information content (AvgIpc) is 3.02. The number of nitrogens with two attached hydrogens (primary N) is 1. The van der Waals surface area contributed by atoms with Gasteiger partial charge in [-0.2, -0.15) is 0 Å². The molecule has 3 atom stereocenters. The first kappa shape index (κ1) is 15.8. The molecule has 2 N–H and O–H groups in total. The van der Waals surface area contributed by atoms with Gasteiger partial charge in [0.05, 0.1) is 19.2 Å². The molecule has 0 radical (unpaired) electrons. The molecular formula is C17H26N2O2. The summed E-state index contributed by atoms with van der Waals surface area (Å²) >= 11 is 0. The number of ether oxygens (including phenoxy) is 1. The molecule has 1 aromatic carbocycles. The predicted octanol–water partition coefficient (Wildman–Crippen LogP) is 2.73. The number of nitrogens with zero attached hydrogens (tertiary/aromatic N) is 1. The van der Waals surface area contributed by atoms with E-state index in [1.165, 1.54) is 0 Å². The Labute approximate surface area is 127 Å². The molecular weight excluding hydrogens is 264 g/mol. The van der Waals surface area contributed by atoms with Gasteiger partial charge in [-0.25, -0.2) is 0 Å². The molecule has 21 heavy (non-hydrogen) atoms. The molecule has 2 rings (SSSR count). The van der Waals surface area contributed by atoms with Crippen molar-refractivity contribution in [1.29, 1.82) is 0 Å². The van der Waals surface area contributed by atoms with Gasteiger partial charge < -0.3 is 15.4 Å². The average molecular weight is 290 g/mol. The van der Waals surface area contributed by atoms with E-state index in [9.17, 15) is 4.79 Å². The van der Waals surface area contributed by atoms with E-state index in [2.05, 4.69) is 6.92 Å². The van der Waals surface area contributed by atoms with Crippen LogP contribution in [0.3, 0.4) is 0 Å². The second-order valence-corrected chi connectivity index (χ2v) is 5.87. The molecule has 1 heterocycles. The number of likely N-dealkylation sites (tertiary alicyclic amines) is 1. The molecule has 1 amide bonds. The summed E-state index contributed by atoms with van der Waals surface area (Å²) in [6.07, 6.45) is 2.97. The monoisotopic (exact) mass is 290 g/mol. The quantitative estimate of drug-likeness (QED) is 0.907. The molecule has 1 aliphatic rings. The van der Waals surface area contributed by atoms with E-state index in [0.717, 1.165) is 37.1 Å². The first-order chi connectivity index (χ1) is 10.1. The van der Waals surface area contributed by atoms with Crippen LogP contribution in [0, 0.1) is 5.92 Å². The zero-order valence-electron chi connectivity index (χ0n) is 13.2. The minimum atomic E-state index is -0.395. The largest absolute Gasteiger partial charge is 0.497 e. The Bertz CT molecular complexity index is 472. The summed E-state index contributed by atoms with van der Waals surface area (Å²) in [5.41, 5.74) is 7.29. The van der Waals surface area contributed by atoms with Crippen LogP contribution in [0.15, 0.2) is 24.3 Å². The van der Waals surface area contributed by atoms with E-state index in [4.69, 9.17) is 10.5 Å². The third kappa shape index (κ3) is 3.38. The van der Waals surface area contributed by atoms with Crippen molar-refractivity contribution in [3.05, 3.63) is 29.8 Å². The lowest BCUT2D eigenvalue weighted by Crippen LogP contribution is -2.46. The Morgan fingerprint density at radius 1 is 1.43 bits per heavy atom. The van der Waals surface area contributed by atoms with Gasteiger partial charge in [-0.15, -0.1) is 0 Å². The molecule has 0 bridgehead atoms. The van der Waals surface area contributed by atoms with Gasteiger partial charge >= 0.3 is 0 Å². The molecule has 0 saturated carbocycles. The maximum absolute atomic E-state index is 12.6. The van der Waals surface area contributed by atoms with Gasteiger partial charge in [0, 0.05) is 6.54 Å². The molecule has 116 valence electrons. The van der Waals surface area contributed by atoms with Gasteiger partial charge in [0.25, 0.3) is 0 Å². The lowest BCUT2D eigenvalue weighted by Gasteiger charge is -2.29. The van der Waals surface area contributed by atoms with E-state index in [0.29, 0.717) is 0 Å². The highest BCUT2D eigenvalue weighted by molar-refractivity contribution is 5.82. The fourth-order valence-electron chi connectivity index (χ4n) is 2.89. The molecule has 1 fully saturated rings. The van der Waals surface area contributed by atoms with Gasteiger partial charge in [0.2, 0.25) is 5.91 Å². The number of methoxy groups -OCH3 is 1. The van der Waals surface area contributed by atoms with Crippen LogP contribution in [-0.4, -0.2) is 30.5 Å². The van der Waals surface area contributed by atoms with Gasteiger partial charge in [0.1, 0.15) is 5.75 Å². The third-order valence-electron chi connectivity index (χ3n) is 4.58. The van der Waals surface area contributed by atoms with Crippen molar-refractivity contribution in [3.63, 3.8) is 0 Å². The standard InChI is InChI=1S/C17H26N2O2/c1-4-12(2)16(18)17(20)19-11-5-6-15(19)13-7-9-14(21-3)10-8-13/h7-10,12,15-16H,4-6,11,18H2,1-3H3. The van der Waals surface area contributed by atoms with Crippen molar-refractivity contribution in [2.24, 2.45) is 11.7 Å². The number of hydrogen-bond donors (Lipinski definition) is 1. The summed E-state index contributed by atoms with van der Waals surface area (Å²) in [7, 11) is 1.66. The van der Waals surface area contributed by atoms with Crippen molar-refractivity contribution < 1.29 is 9.53 Å². The first-order valence-corrected chi connectivity index (χ1v) is 7.78. The Morgan fingerprint density at radius 3 is 2.67 bits per heavy atom. The Kier molecular flexibility index (Phi) is 5.23. The van der Waals surface area contributed by atoms with Gasteiger partial charge in [-0.05, 0) is 36.5 Å². The molecule has 0 aromatic heterocycles. The highest BCUT2D eigenvalue weighted by Gasteiger charge is 2.34. The van der Waals surface area contributed by atoms with Gasteiger partial charge in [-0.3, -0.25) is 4.79 Å². The maximum atomic E-state index is 12.6. The zero-order chi connectivity index (χ0) is 15.4. The number of carbonyl (C=O) groups is 1. The van der Waals surface area contributed by atoms with E-state index in [1.807, 2.05) is 36.1 Å². The molecule has 3 unspecified atom stereocenters. The second kappa shape index (κ2) is 6.94. The van der Waals surface area contributed by atoms with E-state index in [-0.39, 0.29) is 17.9 Å². The van der Waals surface area contributed by atoms with Crippen LogP contribution in [-0.2, 0) is 4.79 Å². The Hall–Kier alpha value is -1.55. The van der Waals surface area contributed by atoms with Crippen LogP contribution in [0.5, 0.6) is 5.75 Å². The topological polar surface area (TPSA) is 55.6 Å². The van der Waals surface area contributed by atoms with E-state index >= 15 is 0 Å².